The number of ether oxygens (including phenoxy) is 1. The van der Waals surface area contributed by atoms with Crippen molar-refractivity contribution >= 4 is 51.0 Å². The van der Waals surface area contributed by atoms with Crippen LogP contribution in [0.2, 0.25) is 5.02 Å². The van der Waals surface area contributed by atoms with Crippen molar-refractivity contribution in [3.05, 3.63) is 89.1 Å². The molecule has 1 aromatic heterocycles. The number of aromatic nitrogens is 1. The molecule has 210 valence electrons. The van der Waals surface area contributed by atoms with Crippen LogP contribution in [0.3, 0.4) is 0 Å². The van der Waals surface area contributed by atoms with Crippen LogP contribution in [0, 0.1) is 5.41 Å². The number of amidine groups is 1. The summed E-state index contributed by atoms with van der Waals surface area (Å²) in [6.07, 6.45) is 6.50. The summed E-state index contributed by atoms with van der Waals surface area (Å²) in [6, 6.07) is 17.3. The first-order valence-electron chi connectivity index (χ1n) is 12.6. The first kappa shape index (κ1) is 28.9. The number of nitrogens with one attached hydrogen (secondary N) is 1. The molecule has 0 spiro atoms. The van der Waals surface area contributed by atoms with E-state index in [1.807, 2.05) is 18.2 Å². The summed E-state index contributed by atoms with van der Waals surface area (Å²) in [7, 11) is -4.22. The number of nitrogens with two attached hydrogens (primary N) is 1. The summed E-state index contributed by atoms with van der Waals surface area (Å²) in [5, 5.41) is 17.0. The Morgan fingerprint density at radius 1 is 1.18 bits per heavy atom. The topological polar surface area (TPSA) is 150 Å². The zero-order valence-corrected chi connectivity index (χ0v) is 23.2. The molecule has 40 heavy (non-hydrogen) atoms. The second-order valence-electron chi connectivity index (χ2n) is 9.23. The molecule has 3 aromatic rings. The first-order valence-corrected chi connectivity index (χ1v) is 14.6. The fourth-order valence-corrected chi connectivity index (χ4v) is 5.81. The van der Waals surface area contributed by atoms with E-state index in [2.05, 4.69) is 9.88 Å². The van der Waals surface area contributed by atoms with Crippen LogP contribution >= 0.6 is 11.6 Å². The van der Waals surface area contributed by atoms with Gasteiger partial charge < -0.3 is 20.5 Å². The van der Waals surface area contributed by atoms with Gasteiger partial charge in [0.15, 0.2) is 5.75 Å². The molecule has 0 atom stereocenters. The Balaban J connectivity index is 1.48. The number of pyridine rings is 1. The van der Waals surface area contributed by atoms with Crippen LogP contribution in [0.15, 0.2) is 72.9 Å². The van der Waals surface area contributed by atoms with Crippen molar-refractivity contribution in [2.45, 2.75) is 18.9 Å². The normalized spacial score (nSPS) is 14.3. The summed E-state index contributed by atoms with van der Waals surface area (Å²) < 4.78 is 33.1. The summed E-state index contributed by atoms with van der Waals surface area (Å²) in [6.45, 7) is 1.42. The highest BCUT2D eigenvalue weighted by molar-refractivity contribution is 7.93. The lowest BCUT2D eigenvalue weighted by Gasteiger charge is -2.33. The van der Waals surface area contributed by atoms with Crippen molar-refractivity contribution < 1.29 is 23.1 Å². The number of halogens is 1. The molecule has 4 N–H and O–H groups in total. The van der Waals surface area contributed by atoms with Gasteiger partial charge in [-0.15, -0.1) is 0 Å². The minimum atomic E-state index is -4.22. The highest BCUT2D eigenvalue weighted by Crippen LogP contribution is 2.33. The van der Waals surface area contributed by atoms with Crippen molar-refractivity contribution in [3.8, 4) is 5.75 Å². The standard InChI is InChI=1S/C28H30ClN5O5S/c29-24-18-22(9-10-25(24)39-23-11-15-33(16-12-23)26-8-1-2-13-32-26)34(40(37,38)19-27(35)36)14-4-6-20-5-3-7-21(17-20)28(30)31/h1-10,13,17-18,23H,11-12,14-16,19H2,(H3,30,31)(H,35,36)/b6-4+. The maximum Gasteiger partial charge on any atom is 0.320 e. The quantitative estimate of drug-likeness (QED) is 0.226. The number of nitrogen functional groups attached to an aromatic ring is 1. The van der Waals surface area contributed by atoms with Gasteiger partial charge in [0, 0.05) is 37.7 Å². The first-order chi connectivity index (χ1) is 19.1. The van der Waals surface area contributed by atoms with Gasteiger partial charge >= 0.3 is 5.97 Å². The number of anilines is 2. The lowest BCUT2D eigenvalue weighted by molar-refractivity contribution is -0.134. The van der Waals surface area contributed by atoms with E-state index in [-0.39, 0.29) is 29.2 Å². The molecule has 0 amide bonds. The van der Waals surface area contributed by atoms with Crippen LogP contribution in [-0.2, 0) is 14.8 Å². The number of nitrogens with zero attached hydrogens (tertiary/aromatic N) is 3. The molecule has 0 radical (unpaired) electrons. The van der Waals surface area contributed by atoms with Crippen molar-refractivity contribution in [1.82, 2.24) is 4.98 Å². The minimum Gasteiger partial charge on any atom is -0.489 e. The van der Waals surface area contributed by atoms with Gasteiger partial charge in [-0.3, -0.25) is 14.5 Å². The fourth-order valence-electron chi connectivity index (χ4n) is 4.37. The van der Waals surface area contributed by atoms with Crippen LogP contribution in [0.5, 0.6) is 5.75 Å². The zero-order chi connectivity index (χ0) is 28.7. The molecule has 0 saturated carbocycles. The number of hydrogen-bond acceptors (Lipinski definition) is 7. The van der Waals surface area contributed by atoms with Crippen molar-refractivity contribution in [2.24, 2.45) is 5.73 Å². The molecule has 12 heteroatoms. The van der Waals surface area contributed by atoms with E-state index < -0.39 is 21.7 Å². The van der Waals surface area contributed by atoms with E-state index in [0.717, 1.165) is 36.1 Å². The second-order valence-corrected chi connectivity index (χ2v) is 11.5. The van der Waals surface area contributed by atoms with Crippen molar-refractivity contribution in [1.29, 1.82) is 5.41 Å². The van der Waals surface area contributed by atoms with E-state index in [4.69, 9.17) is 27.5 Å². The van der Waals surface area contributed by atoms with E-state index >= 15 is 0 Å². The lowest BCUT2D eigenvalue weighted by atomic mass is 10.1. The number of carboxylic acids is 1. The molecule has 0 bridgehead atoms. The van der Waals surface area contributed by atoms with Crippen molar-refractivity contribution in [3.63, 3.8) is 0 Å². The van der Waals surface area contributed by atoms with E-state index in [1.54, 1.807) is 54.7 Å². The molecule has 0 unspecified atom stereocenters. The number of hydrogen-bond donors (Lipinski definition) is 3. The highest BCUT2D eigenvalue weighted by Gasteiger charge is 2.26. The van der Waals surface area contributed by atoms with Gasteiger partial charge in [-0.05, 0) is 42.0 Å². The average molecular weight is 584 g/mol. The van der Waals surface area contributed by atoms with Crippen LogP contribution in [0.25, 0.3) is 6.08 Å². The number of piperidine rings is 1. The van der Waals surface area contributed by atoms with Crippen LogP contribution in [0.1, 0.15) is 24.0 Å². The maximum atomic E-state index is 13.0. The molecule has 1 saturated heterocycles. The van der Waals surface area contributed by atoms with Gasteiger partial charge in [-0.25, -0.2) is 13.4 Å². The van der Waals surface area contributed by atoms with E-state index in [9.17, 15) is 18.3 Å². The van der Waals surface area contributed by atoms with Gasteiger partial charge in [-0.2, -0.15) is 0 Å². The molecule has 1 aliphatic heterocycles. The molecule has 2 aromatic carbocycles. The predicted molar refractivity (Wildman–Crippen MR) is 157 cm³/mol. The third kappa shape index (κ3) is 7.51. The molecule has 1 fully saturated rings. The molecule has 10 nitrogen and oxygen atoms in total. The zero-order valence-electron chi connectivity index (χ0n) is 21.6. The average Bonchev–Trinajstić information content (AvgIpc) is 2.92. The fraction of sp³-hybridized carbons (Fsp3) is 0.250. The second kappa shape index (κ2) is 12.8. The molecular weight excluding hydrogens is 554 g/mol. The monoisotopic (exact) mass is 583 g/mol. The molecular formula is C28H30ClN5O5S. The number of carboxylic acid groups (broad SMARTS) is 1. The maximum absolute atomic E-state index is 13.0. The van der Waals surface area contributed by atoms with E-state index in [1.165, 1.54) is 6.07 Å². The van der Waals surface area contributed by atoms with E-state index in [0.29, 0.717) is 16.9 Å². The van der Waals surface area contributed by atoms with Gasteiger partial charge in [0.25, 0.3) is 0 Å². The third-order valence-electron chi connectivity index (χ3n) is 6.33. The van der Waals surface area contributed by atoms with Crippen molar-refractivity contribution in [2.75, 3.05) is 34.6 Å². The minimum absolute atomic E-state index is 0.0659. The van der Waals surface area contributed by atoms with Crippen LogP contribution in [0.4, 0.5) is 11.5 Å². The van der Waals surface area contributed by atoms with Crippen LogP contribution in [-0.4, -0.2) is 61.8 Å². The Bertz CT molecular complexity index is 1490. The van der Waals surface area contributed by atoms with Gasteiger partial charge in [0.05, 0.1) is 17.3 Å². The Labute approximate surface area is 238 Å². The summed E-state index contributed by atoms with van der Waals surface area (Å²) >= 11 is 6.52. The highest BCUT2D eigenvalue weighted by atomic mass is 35.5. The van der Waals surface area contributed by atoms with Crippen LogP contribution < -0.4 is 19.7 Å². The largest absolute Gasteiger partial charge is 0.489 e. The third-order valence-corrected chi connectivity index (χ3v) is 8.27. The summed E-state index contributed by atoms with van der Waals surface area (Å²) in [4.78, 5) is 17.9. The molecule has 0 aliphatic carbocycles. The van der Waals surface area contributed by atoms with Gasteiger partial charge in [0.2, 0.25) is 10.0 Å². The summed E-state index contributed by atoms with van der Waals surface area (Å²) in [5.41, 5.74) is 6.99. The van der Waals surface area contributed by atoms with Gasteiger partial charge in [-0.1, -0.05) is 48.0 Å². The smallest absolute Gasteiger partial charge is 0.320 e. The lowest BCUT2D eigenvalue weighted by Crippen LogP contribution is -2.38. The Kier molecular flexibility index (Phi) is 9.28. The molecule has 2 heterocycles. The van der Waals surface area contributed by atoms with Gasteiger partial charge in [0.1, 0.15) is 23.5 Å². The number of benzene rings is 2. The number of carbonyl (C=O) groups is 1. The number of aliphatic carboxylic acids is 1. The Morgan fingerprint density at radius 2 is 1.95 bits per heavy atom. The Morgan fingerprint density at radius 3 is 2.60 bits per heavy atom. The number of sulfonamides is 1. The summed E-state index contributed by atoms with van der Waals surface area (Å²) in [5.74, 6) is -1.28. The number of rotatable bonds is 11. The molecule has 1 aliphatic rings. The predicted octanol–water partition coefficient (Wildman–Crippen LogP) is 4.00. The Hall–Kier alpha value is -4.09. The SMILES string of the molecule is N=C(N)c1cccc(/C=C/CN(c2ccc(OC3CCN(c4ccccn4)CC3)c(Cl)c2)S(=O)(=O)CC(=O)O)c1. The molecule has 4 rings (SSSR count).